The zero-order chi connectivity index (χ0) is 15.2. The first-order chi connectivity index (χ1) is 10.8. The van der Waals surface area contributed by atoms with Gasteiger partial charge >= 0.3 is 0 Å². The van der Waals surface area contributed by atoms with Crippen molar-refractivity contribution in [1.82, 2.24) is 10.6 Å². The Bertz CT molecular complexity index is 573. The molecule has 0 bridgehead atoms. The van der Waals surface area contributed by atoms with Crippen molar-refractivity contribution in [2.24, 2.45) is 5.92 Å². The van der Waals surface area contributed by atoms with Crippen LogP contribution in [0.25, 0.3) is 0 Å². The highest BCUT2D eigenvalue weighted by molar-refractivity contribution is 7.99. The van der Waals surface area contributed by atoms with E-state index in [1.165, 1.54) is 15.4 Å². The third-order valence-electron chi connectivity index (χ3n) is 3.94. The van der Waals surface area contributed by atoms with E-state index in [9.17, 15) is 5.11 Å². The summed E-state index contributed by atoms with van der Waals surface area (Å²) in [5.74, 6) is 0.327. The van der Waals surface area contributed by atoms with Crippen LogP contribution in [0, 0.1) is 5.92 Å². The summed E-state index contributed by atoms with van der Waals surface area (Å²) >= 11 is 1.78. The Morgan fingerprint density at radius 1 is 1.00 bits per heavy atom. The molecule has 1 aliphatic rings. The van der Waals surface area contributed by atoms with Crippen molar-refractivity contribution >= 4 is 11.8 Å². The van der Waals surface area contributed by atoms with E-state index in [4.69, 9.17) is 0 Å². The first kappa shape index (κ1) is 15.6. The van der Waals surface area contributed by atoms with Gasteiger partial charge in [0.2, 0.25) is 0 Å². The highest BCUT2D eigenvalue weighted by Crippen LogP contribution is 2.27. The van der Waals surface area contributed by atoms with E-state index in [1.807, 2.05) is 6.07 Å². The van der Waals surface area contributed by atoms with Gasteiger partial charge in [-0.25, -0.2) is 0 Å². The van der Waals surface area contributed by atoms with Gasteiger partial charge < -0.3 is 15.7 Å². The summed E-state index contributed by atoms with van der Waals surface area (Å²) in [6, 6.07) is 19.1. The largest absolute Gasteiger partial charge is 0.391 e. The lowest BCUT2D eigenvalue weighted by Crippen LogP contribution is -2.30. The van der Waals surface area contributed by atoms with Crippen LogP contribution >= 0.6 is 11.8 Å². The summed E-state index contributed by atoms with van der Waals surface area (Å²) in [6.45, 7) is 3.33. The highest BCUT2D eigenvalue weighted by Gasteiger charge is 2.23. The molecule has 3 N–H and O–H groups in total. The summed E-state index contributed by atoms with van der Waals surface area (Å²) in [5.41, 5.74) is 1.28. The van der Waals surface area contributed by atoms with Crippen LogP contribution in [0.5, 0.6) is 0 Å². The molecular formula is C18H22N2OS. The van der Waals surface area contributed by atoms with Crippen molar-refractivity contribution in [3.8, 4) is 0 Å². The fourth-order valence-corrected chi connectivity index (χ4v) is 3.47. The van der Waals surface area contributed by atoms with Crippen LogP contribution in [0.2, 0.25) is 0 Å². The standard InChI is InChI=1S/C18H22N2OS/c21-18-13-20-12-15(18)11-19-10-14-6-8-17(9-7-14)22-16-4-2-1-3-5-16/h1-9,15,18-21H,10-13H2. The Morgan fingerprint density at radius 3 is 2.41 bits per heavy atom. The first-order valence-electron chi connectivity index (χ1n) is 7.72. The topological polar surface area (TPSA) is 44.3 Å². The van der Waals surface area contributed by atoms with Gasteiger partial charge in [0.15, 0.2) is 0 Å². The van der Waals surface area contributed by atoms with Gasteiger partial charge in [-0.15, -0.1) is 0 Å². The van der Waals surface area contributed by atoms with Crippen LogP contribution in [0.3, 0.4) is 0 Å². The summed E-state index contributed by atoms with van der Waals surface area (Å²) in [4.78, 5) is 2.52. The van der Waals surface area contributed by atoms with Crippen LogP contribution < -0.4 is 10.6 Å². The molecule has 2 aromatic carbocycles. The summed E-state index contributed by atoms with van der Waals surface area (Å²) < 4.78 is 0. The third kappa shape index (κ3) is 4.34. The van der Waals surface area contributed by atoms with Gasteiger partial charge in [-0.2, -0.15) is 0 Å². The molecule has 0 spiro atoms. The van der Waals surface area contributed by atoms with Gasteiger partial charge in [-0.1, -0.05) is 42.1 Å². The fourth-order valence-electron chi connectivity index (χ4n) is 2.63. The second-order valence-electron chi connectivity index (χ2n) is 5.68. The number of aliphatic hydroxyl groups is 1. The highest BCUT2D eigenvalue weighted by atomic mass is 32.2. The van der Waals surface area contributed by atoms with E-state index >= 15 is 0 Å². The molecule has 0 aromatic heterocycles. The maximum absolute atomic E-state index is 9.76. The maximum atomic E-state index is 9.76. The molecule has 4 heteroatoms. The first-order valence-corrected chi connectivity index (χ1v) is 8.54. The van der Waals surface area contributed by atoms with E-state index in [0.717, 1.165) is 26.2 Å². The van der Waals surface area contributed by atoms with Crippen molar-refractivity contribution in [2.45, 2.75) is 22.4 Å². The van der Waals surface area contributed by atoms with Crippen molar-refractivity contribution in [2.75, 3.05) is 19.6 Å². The molecule has 3 nitrogen and oxygen atoms in total. The minimum absolute atomic E-state index is 0.211. The molecule has 2 aromatic rings. The van der Waals surface area contributed by atoms with Gasteiger partial charge in [0, 0.05) is 41.9 Å². The molecule has 1 saturated heterocycles. The maximum Gasteiger partial charge on any atom is 0.0716 e. The monoisotopic (exact) mass is 314 g/mol. The van der Waals surface area contributed by atoms with Crippen molar-refractivity contribution < 1.29 is 5.11 Å². The van der Waals surface area contributed by atoms with Crippen molar-refractivity contribution in [1.29, 1.82) is 0 Å². The lowest BCUT2D eigenvalue weighted by Gasteiger charge is -2.14. The average molecular weight is 314 g/mol. The van der Waals surface area contributed by atoms with E-state index < -0.39 is 0 Å². The second-order valence-corrected chi connectivity index (χ2v) is 6.82. The molecule has 3 rings (SSSR count). The van der Waals surface area contributed by atoms with Crippen molar-refractivity contribution in [3.63, 3.8) is 0 Å². The smallest absolute Gasteiger partial charge is 0.0716 e. The number of aliphatic hydroxyl groups excluding tert-OH is 1. The number of β-amino-alcohol motifs (C(OH)–C–C–N with tert-alkyl or cyclic N) is 1. The van der Waals surface area contributed by atoms with Crippen molar-refractivity contribution in [3.05, 3.63) is 60.2 Å². The summed E-state index contributed by atoms with van der Waals surface area (Å²) in [5, 5.41) is 16.4. The quantitative estimate of drug-likeness (QED) is 0.766. The lowest BCUT2D eigenvalue weighted by molar-refractivity contribution is 0.146. The molecule has 1 heterocycles. The van der Waals surface area contributed by atoms with E-state index in [-0.39, 0.29) is 6.10 Å². The SMILES string of the molecule is OC1CNCC1CNCc1ccc(Sc2ccccc2)cc1. The normalized spacial score (nSPS) is 21.1. The zero-order valence-electron chi connectivity index (χ0n) is 12.5. The third-order valence-corrected chi connectivity index (χ3v) is 4.96. The summed E-state index contributed by atoms with van der Waals surface area (Å²) in [6.07, 6.45) is -0.211. The molecule has 1 fully saturated rings. The Balaban J connectivity index is 1.47. The van der Waals surface area contributed by atoms with Gasteiger partial charge in [0.25, 0.3) is 0 Å². The molecular weight excluding hydrogens is 292 g/mol. The number of hydrogen-bond acceptors (Lipinski definition) is 4. The molecule has 0 amide bonds. The van der Waals surface area contributed by atoms with Gasteiger partial charge in [0.05, 0.1) is 6.10 Å². The Kier molecular flexibility index (Phi) is 5.51. The predicted octanol–water partition coefficient (Wildman–Crippen LogP) is 2.51. The Labute approximate surface area is 136 Å². The van der Waals surface area contributed by atoms with Crippen LogP contribution in [0.1, 0.15) is 5.56 Å². The molecule has 0 aliphatic carbocycles. The fraction of sp³-hybridized carbons (Fsp3) is 0.333. The van der Waals surface area contributed by atoms with E-state index in [1.54, 1.807) is 11.8 Å². The Morgan fingerprint density at radius 2 is 1.73 bits per heavy atom. The van der Waals surface area contributed by atoms with Crippen LogP contribution in [-0.4, -0.2) is 30.8 Å². The van der Waals surface area contributed by atoms with Crippen LogP contribution in [0.4, 0.5) is 0 Å². The molecule has 2 atom stereocenters. The Hall–Kier alpha value is -1.33. The molecule has 1 aliphatic heterocycles. The minimum atomic E-state index is -0.211. The number of rotatable bonds is 6. The van der Waals surface area contributed by atoms with Crippen LogP contribution in [0.15, 0.2) is 64.4 Å². The van der Waals surface area contributed by atoms with E-state index in [0.29, 0.717) is 5.92 Å². The molecule has 0 saturated carbocycles. The molecule has 22 heavy (non-hydrogen) atoms. The second kappa shape index (κ2) is 7.79. The number of benzene rings is 2. The molecule has 116 valence electrons. The van der Waals surface area contributed by atoms with Crippen LogP contribution in [-0.2, 0) is 6.54 Å². The molecule has 2 unspecified atom stereocenters. The number of hydrogen-bond donors (Lipinski definition) is 3. The summed E-state index contributed by atoms with van der Waals surface area (Å²) in [7, 11) is 0. The van der Waals surface area contributed by atoms with Gasteiger partial charge in [-0.05, 0) is 29.8 Å². The van der Waals surface area contributed by atoms with E-state index in [2.05, 4.69) is 59.2 Å². The number of nitrogens with one attached hydrogen (secondary N) is 2. The molecule has 0 radical (unpaired) electrons. The van der Waals surface area contributed by atoms with Gasteiger partial charge in [-0.3, -0.25) is 0 Å². The van der Waals surface area contributed by atoms with Gasteiger partial charge in [0.1, 0.15) is 0 Å². The minimum Gasteiger partial charge on any atom is -0.391 e. The lowest BCUT2D eigenvalue weighted by atomic mass is 10.1. The predicted molar refractivity (Wildman–Crippen MR) is 91.1 cm³/mol. The average Bonchev–Trinajstić information content (AvgIpc) is 2.95. The zero-order valence-corrected chi connectivity index (χ0v) is 13.4.